The number of para-hydroxylation sites is 1. The van der Waals surface area contributed by atoms with E-state index in [0.717, 1.165) is 22.5 Å². The topological polar surface area (TPSA) is 68.6 Å². The summed E-state index contributed by atoms with van der Waals surface area (Å²) < 4.78 is 12.9. The van der Waals surface area contributed by atoms with Crippen molar-refractivity contribution in [2.24, 2.45) is 0 Å². The summed E-state index contributed by atoms with van der Waals surface area (Å²) in [5, 5.41) is 8.06. The average Bonchev–Trinajstić information content (AvgIpc) is 3.49. The minimum Gasteiger partial charge on any atom is -0.454 e. The predicted octanol–water partition coefficient (Wildman–Crippen LogP) is 4.43. The van der Waals surface area contributed by atoms with Crippen molar-refractivity contribution >= 4 is 17.3 Å². The SMILES string of the molecule is O=C1c2ccccc2N[C@@H](c2cnn(Cc3ccccc3)c2)N1c1ccc2c(c1)OCO2. The Labute approximate surface area is 184 Å². The minimum absolute atomic E-state index is 0.0842. The summed E-state index contributed by atoms with van der Waals surface area (Å²) in [5.74, 6) is 1.23. The molecule has 32 heavy (non-hydrogen) atoms. The monoisotopic (exact) mass is 424 g/mol. The Morgan fingerprint density at radius 2 is 1.78 bits per heavy atom. The van der Waals surface area contributed by atoms with Gasteiger partial charge in [-0.1, -0.05) is 42.5 Å². The summed E-state index contributed by atoms with van der Waals surface area (Å²) in [4.78, 5) is 15.3. The Morgan fingerprint density at radius 3 is 2.69 bits per heavy atom. The van der Waals surface area contributed by atoms with E-state index in [1.807, 2.05) is 77.7 Å². The molecule has 2 aliphatic heterocycles. The van der Waals surface area contributed by atoms with Gasteiger partial charge in [-0.15, -0.1) is 0 Å². The zero-order valence-corrected chi connectivity index (χ0v) is 17.1. The summed E-state index contributed by atoms with van der Waals surface area (Å²) in [6.45, 7) is 0.839. The molecule has 158 valence electrons. The summed E-state index contributed by atoms with van der Waals surface area (Å²) in [6, 6.07) is 23.3. The third kappa shape index (κ3) is 3.15. The van der Waals surface area contributed by atoms with Crippen LogP contribution in [0.3, 0.4) is 0 Å². The first-order valence-corrected chi connectivity index (χ1v) is 10.4. The number of amides is 1. The van der Waals surface area contributed by atoms with Gasteiger partial charge < -0.3 is 14.8 Å². The van der Waals surface area contributed by atoms with Gasteiger partial charge in [0.15, 0.2) is 11.5 Å². The Balaban J connectivity index is 1.39. The maximum absolute atomic E-state index is 13.6. The molecule has 0 unspecified atom stereocenters. The zero-order valence-electron chi connectivity index (χ0n) is 17.1. The normalized spacial score (nSPS) is 16.6. The molecule has 1 amide bonds. The number of rotatable bonds is 4. The van der Waals surface area contributed by atoms with Crippen molar-refractivity contribution in [3.05, 3.63) is 102 Å². The van der Waals surface area contributed by atoms with E-state index in [9.17, 15) is 4.79 Å². The smallest absolute Gasteiger partial charge is 0.262 e. The van der Waals surface area contributed by atoms with Gasteiger partial charge in [-0.05, 0) is 29.8 Å². The lowest BCUT2D eigenvalue weighted by Gasteiger charge is -2.37. The lowest BCUT2D eigenvalue weighted by molar-refractivity contribution is 0.0975. The first kappa shape index (κ1) is 18.5. The molecule has 1 aromatic heterocycles. The number of aromatic nitrogens is 2. The van der Waals surface area contributed by atoms with Crippen LogP contribution in [0.15, 0.2) is 85.2 Å². The van der Waals surface area contributed by atoms with E-state index >= 15 is 0 Å². The Hall–Kier alpha value is -4.26. The molecule has 1 atom stereocenters. The number of ether oxygens (including phenoxy) is 2. The summed E-state index contributed by atoms with van der Waals surface area (Å²) in [6.07, 6.45) is 3.37. The quantitative estimate of drug-likeness (QED) is 0.525. The molecule has 2 aliphatic rings. The number of benzene rings is 3. The molecule has 0 aliphatic carbocycles. The van der Waals surface area contributed by atoms with E-state index in [2.05, 4.69) is 22.5 Å². The van der Waals surface area contributed by atoms with E-state index in [4.69, 9.17) is 9.47 Å². The lowest BCUT2D eigenvalue weighted by atomic mass is 10.0. The second-order valence-corrected chi connectivity index (χ2v) is 7.76. The van der Waals surface area contributed by atoms with Crippen LogP contribution in [-0.4, -0.2) is 22.5 Å². The van der Waals surface area contributed by atoms with Gasteiger partial charge in [0.1, 0.15) is 6.17 Å². The van der Waals surface area contributed by atoms with Gasteiger partial charge in [0, 0.05) is 23.5 Å². The lowest BCUT2D eigenvalue weighted by Crippen LogP contribution is -2.43. The third-order valence-electron chi connectivity index (χ3n) is 5.72. The number of hydrogen-bond donors (Lipinski definition) is 1. The van der Waals surface area contributed by atoms with Crippen LogP contribution in [0.25, 0.3) is 0 Å². The molecule has 3 heterocycles. The van der Waals surface area contributed by atoms with E-state index in [1.54, 1.807) is 4.90 Å². The van der Waals surface area contributed by atoms with Crippen LogP contribution in [-0.2, 0) is 6.54 Å². The molecule has 3 aromatic carbocycles. The number of hydrogen-bond acceptors (Lipinski definition) is 5. The molecule has 7 heteroatoms. The minimum atomic E-state index is -0.415. The van der Waals surface area contributed by atoms with Crippen molar-refractivity contribution in [2.45, 2.75) is 12.7 Å². The molecule has 1 N–H and O–H groups in total. The first-order chi connectivity index (χ1) is 15.8. The van der Waals surface area contributed by atoms with E-state index in [1.165, 1.54) is 0 Å². The molecule has 0 saturated carbocycles. The Kier molecular flexibility index (Phi) is 4.31. The zero-order chi connectivity index (χ0) is 21.5. The highest BCUT2D eigenvalue weighted by Crippen LogP contribution is 2.41. The van der Waals surface area contributed by atoms with Gasteiger partial charge >= 0.3 is 0 Å². The van der Waals surface area contributed by atoms with Crippen LogP contribution in [0.5, 0.6) is 11.5 Å². The number of carbonyl (C=O) groups is 1. The molecule has 0 bridgehead atoms. The van der Waals surface area contributed by atoms with Crippen LogP contribution < -0.4 is 19.7 Å². The van der Waals surface area contributed by atoms with Crippen molar-refractivity contribution < 1.29 is 14.3 Å². The molecule has 6 rings (SSSR count). The van der Waals surface area contributed by atoms with Crippen molar-refractivity contribution in [3.63, 3.8) is 0 Å². The number of anilines is 2. The Morgan fingerprint density at radius 1 is 0.969 bits per heavy atom. The molecule has 0 saturated heterocycles. The van der Waals surface area contributed by atoms with Gasteiger partial charge in [0.05, 0.1) is 24.0 Å². The highest BCUT2D eigenvalue weighted by atomic mass is 16.7. The molecule has 0 spiro atoms. The largest absolute Gasteiger partial charge is 0.454 e. The van der Waals surface area contributed by atoms with Crippen molar-refractivity contribution in [3.8, 4) is 11.5 Å². The van der Waals surface area contributed by atoms with Gasteiger partial charge in [-0.25, -0.2) is 0 Å². The van der Waals surface area contributed by atoms with Gasteiger partial charge in [0.2, 0.25) is 6.79 Å². The van der Waals surface area contributed by atoms with Crippen LogP contribution >= 0.6 is 0 Å². The fraction of sp³-hybridized carbons (Fsp3) is 0.120. The number of nitrogens with zero attached hydrogens (tertiary/aromatic N) is 3. The van der Waals surface area contributed by atoms with Crippen molar-refractivity contribution in [1.82, 2.24) is 9.78 Å². The summed E-state index contributed by atoms with van der Waals surface area (Å²) in [7, 11) is 0. The van der Waals surface area contributed by atoms with Crippen LogP contribution in [0.4, 0.5) is 11.4 Å². The number of carbonyl (C=O) groups excluding carboxylic acids is 1. The van der Waals surface area contributed by atoms with Crippen molar-refractivity contribution in [2.75, 3.05) is 17.0 Å². The molecular weight excluding hydrogens is 404 g/mol. The fourth-order valence-corrected chi connectivity index (χ4v) is 4.17. The van der Waals surface area contributed by atoms with Crippen molar-refractivity contribution in [1.29, 1.82) is 0 Å². The summed E-state index contributed by atoms with van der Waals surface area (Å²) in [5.41, 5.74) is 4.20. The van der Waals surface area contributed by atoms with Gasteiger partial charge in [-0.3, -0.25) is 14.4 Å². The maximum Gasteiger partial charge on any atom is 0.262 e. The Bertz CT molecular complexity index is 1300. The van der Waals surface area contributed by atoms with Gasteiger partial charge in [-0.2, -0.15) is 5.10 Å². The van der Waals surface area contributed by atoms with Gasteiger partial charge in [0.25, 0.3) is 5.91 Å². The second-order valence-electron chi connectivity index (χ2n) is 7.76. The molecule has 4 aromatic rings. The third-order valence-corrected chi connectivity index (χ3v) is 5.72. The van der Waals surface area contributed by atoms with E-state index in [0.29, 0.717) is 23.6 Å². The average molecular weight is 424 g/mol. The molecule has 0 radical (unpaired) electrons. The highest BCUT2D eigenvalue weighted by molar-refractivity contribution is 6.12. The number of nitrogens with one attached hydrogen (secondary N) is 1. The first-order valence-electron chi connectivity index (χ1n) is 10.4. The maximum atomic E-state index is 13.6. The molecule has 7 nitrogen and oxygen atoms in total. The van der Waals surface area contributed by atoms with E-state index < -0.39 is 6.17 Å². The van der Waals surface area contributed by atoms with Crippen LogP contribution in [0.2, 0.25) is 0 Å². The van der Waals surface area contributed by atoms with E-state index in [-0.39, 0.29) is 12.7 Å². The summed E-state index contributed by atoms with van der Waals surface area (Å²) >= 11 is 0. The fourth-order valence-electron chi connectivity index (χ4n) is 4.17. The second kappa shape index (κ2) is 7.46. The predicted molar refractivity (Wildman–Crippen MR) is 120 cm³/mol. The highest BCUT2D eigenvalue weighted by Gasteiger charge is 2.35. The molecule has 0 fully saturated rings. The van der Waals surface area contributed by atoms with Crippen LogP contribution in [0.1, 0.15) is 27.7 Å². The number of fused-ring (bicyclic) bond motifs is 2. The molecular formula is C25H20N4O3. The standard InChI is InChI=1S/C25H20N4O3/c30-25-20-8-4-5-9-21(20)27-24(29(25)19-10-11-22-23(12-19)32-16-31-22)18-13-26-28(15-18)14-17-6-2-1-3-7-17/h1-13,15,24,27H,14,16H2/t24-/m1/s1. The van der Waals surface area contributed by atoms with Crippen LogP contribution in [0, 0.1) is 0 Å².